The predicted octanol–water partition coefficient (Wildman–Crippen LogP) is 3.06. The molecule has 0 radical (unpaired) electrons. The molecule has 2 aromatic rings. The third-order valence-corrected chi connectivity index (χ3v) is 2.90. The quantitative estimate of drug-likeness (QED) is 0.880. The highest BCUT2D eigenvalue weighted by Crippen LogP contribution is 2.30. The maximum atomic E-state index is 13.1. The van der Waals surface area contributed by atoms with Crippen LogP contribution >= 0.6 is 0 Å². The Morgan fingerprint density at radius 2 is 1.82 bits per heavy atom. The van der Waals surface area contributed by atoms with Gasteiger partial charge in [-0.05, 0) is 35.4 Å². The number of rotatable bonds is 3. The van der Waals surface area contributed by atoms with Crippen LogP contribution in [0.3, 0.4) is 0 Å². The number of benzene rings is 1. The van der Waals surface area contributed by atoms with Crippen molar-refractivity contribution in [3.8, 4) is 0 Å². The minimum absolute atomic E-state index is 0.0974. The molecule has 0 saturated carbocycles. The van der Waals surface area contributed by atoms with E-state index >= 15 is 0 Å². The number of nitrogens with zero attached hydrogens (tertiary/aromatic N) is 1. The van der Waals surface area contributed by atoms with Crippen molar-refractivity contribution in [3.63, 3.8) is 0 Å². The Hall–Kier alpha value is -1.74. The van der Waals surface area contributed by atoms with E-state index in [0.717, 1.165) is 5.56 Å². The normalized spacial score (nSPS) is 14.3. The standard InChI is InChI=1S/C14H14FNO/c1-10(11-5-7-16-8-6-11)14(17)12-3-2-4-13(15)9-12/h2-10,14,17H,1H3. The van der Waals surface area contributed by atoms with Crippen LogP contribution in [0.15, 0.2) is 48.8 Å². The van der Waals surface area contributed by atoms with E-state index in [0.29, 0.717) is 5.56 Å². The van der Waals surface area contributed by atoms with Gasteiger partial charge in [0.15, 0.2) is 0 Å². The maximum Gasteiger partial charge on any atom is 0.123 e. The second-order valence-corrected chi connectivity index (χ2v) is 4.07. The molecular formula is C14H14FNO. The van der Waals surface area contributed by atoms with Crippen molar-refractivity contribution in [3.05, 3.63) is 65.7 Å². The molecule has 2 nitrogen and oxygen atoms in total. The summed E-state index contributed by atoms with van der Waals surface area (Å²) in [5, 5.41) is 10.2. The Labute approximate surface area is 99.8 Å². The molecule has 0 bridgehead atoms. The first kappa shape index (κ1) is 11.7. The summed E-state index contributed by atoms with van der Waals surface area (Å²) >= 11 is 0. The number of aliphatic hydroxyl groups excluding tert-OH is 1. The molecule has 1 N–H and O–H groups in total. The molecule has 0 spiro atoms. The van der Waals surface area contributed by atoms with Crippen LogP contribution in [0.25, 0.3) is 0 Å². The minimum Gasteiger partial charge on any atom is -0.388 e. The van der Waals surface area contributed by atoms with Crippen LogP contribution in [-0.4, -0.2) is 10.1 Å². The van der Waals surface area contributed by atoms with Crippen molar-refractivity contribution < 1.29 is 9.50 Å². The number of aliphatic hydroxyl groups is 1. The summed E-state index contributed by atoms with van der Waals surface area (Å²) in [5.74, 6) is -0.428. The first-order valence-corrected chi connectivity index (χ1v) is 5.52. The van der Waals surface area contributed by atoms with Gasteiger partial charge in [-0.2, -0.15) is 0 Å². The van der Waals surface area contributed by atoms with Gasteiger partial charge in [0.05, 0.1) is 6.10 Å². The van der Waals surface area contributed by atoms with E-state index in [2.05, 4.69) is 4.98 Å². The van der Waals surface area contributed by atoms with E-state index in [1.807, 2.05) is 19.1 Å². The SMILES string of the molecule is CC(c1ccncc1)C(O)c1cccc(F)c1. The van der Waals surface area contributed by atoms with E-state index in [1.54, 1.807) is 24.5 Å². The van der Waals surface area contributed by atoms with Gasteiger partial charge in [0.2, 0.25) is 0 Å². The minimum atomic E-state index is -0.715. The highest BCUT2D eigenvalue weighted by Gasteiger charge is 2.18. The summed E-state index contributed by atoms with van der Waals surface area (Å²) in [6.45, 7) is 1.91. The Morgan fingerprint density at radius 3 is 2.47 bits per heavy atom. The number of hydrogen-bond acceptors (Lipinski definition) is 2. The molecule has 2 rings (SSSR count). The maximum absolute atomic E-state index is 13.1. The fourth-order valence-electron chi connectivity index (χ4n) is 1.83. The summed E-state index contributed by atoms with van der Waals surface area (Å²) in [6, 6.07) is 9.77. The van der Waals surface area contributed by atoms with Gasteiger partial charge < -0.3 is 5.11 Å². The molecule has 2 unspecified atom stereocenters. The average Bonchev–Trinajstić information content (AvgIpc) is 2.38. The van der Waals surface area contributed by atoms with Crippen molar-refractivity contribution in [2.45, 2.75) is 18.9 Å². The zero-order chi connectivity index (χ0) is 12.3. The van der Waals surface area contributed by atoms with Gasteiger partial charge >= 0.3 is 0 Å². The fraction of sp³-hybridized carbons (Fsp3) is 0.214. The number of halogens is 1. The Balaban J connectivity index is 2.23. The first-order chi connectivity index (χ1) is 8.18. The lowest BCUT2D eigenvalue weighted by Gasteiger charge is -2.19. The van der Waals surface area contributed by atoms with Crippen LogP contribution in [-0.2, 0) is 0 Å². The number of hydrogen-bond donors (Lipinski definition) is 1. The van der Waals surface area contributed by atoms with E-state index in [9.17, 15) is 9.50 Å². The van der Waals surface area contributed by atoms with Gasteiger partial charge in [-0.15, -0.1) is 0 Å². The van der Waals surface area contributed by atoms with Crippen molar-refractivity contribution in [1.29, 1.82) is 0 Å². The molecule has 2 atom stereocenters. The lowest BCUT2D eigenvalue weighted by Crippen LogP contribution is -2.08. The molecule has 3 heteroatoms. The zero-order valence-electron chi connectivity index (χ0n) is 9.55. The van der Waals surface area contributed by atoms with E-state index in [1.165, 1.54) is 12.1 Å². The van der Waals surface area contributed by atoms with Crippen molar-refractivity contribution in [2.75, 3.05) is 0 Å². The van der Waals surface area contributed by atoms with E-state index < -0.39 is 6.10 Å². The van der Waals surface area contributed by atoms with Crippen molar-refractivity contribution in [2.24, 2.45) is 0 Å². The van der Waals surface area contributed by atoms with Crippen LogP contribution in [0.5, 0.6) is 0 Å². The summed E-state index contributed by atoms with van der Waals surface area (Å²) < 4.78 is 13.1. The van der Waals surface area contributed by atoms with Crippen molar-refractivity contribution >= 4 is 0 Å². The van der Waals surface area contributed by atoms with Gasteiger partial charge in [0.1, 0.15) is 5.82 Å². The van der Waals surface area contributed by atoms with Crippen molar-refractivity contribution in [1.82, 2.24) is 4.98 Å². The average molecular weight is 231 g/mol. The highest BCUT2D eigenvalue weighted by molar-refractivity contribution is 5.25. The lowest BCUT2D eigenvalue weighted by atomic mass is 9.91. The van der Waals surface area contributed by atoms with Gasteiger partial charge in [-0.3, -0.25) is 4.98 Å². The van der Waals surface area contributed by atoms with Gasteiger partial charge in [-0.1, -0.05) is 19.1 Å². The van der Waals surface area contributed by atoms with Crippen LogP contribution in [0, 0.1) is 5.82 Å². The van der Waals surface area contributed by atoms with E-state index in [4.69, 9.17) is 0 Å². The largest absolute Gasteiger partial charge is 0.388 e. The molecule has 17 heavy (non-hydrogen) atoms. The second-order valence-electron chi connectivity index (χ2n) is 4.07. The van der Waals surface area contributed by atoms with Gasteiger partial charge in [-0.25, -0.2) is 4.39 Å². The highest BCUT2D eigenvalue weighted by atomic mass is 19.1. The third-order valence-electron chi connectivity index (χ3n) is 2.90. The molecular weight excluding hydrogens is 217 g/mol. The molecule has 1 aromatic carbocycles. The molecule has 1 aromatic heterocycles. The Morgan fingerprint density at radius 1 is 1.12 bits per heavy atom. The van der Waals surface area contributed by atoms with Crippen LogP contribution in [0.1, 0.15) is 30.1 Å². The summed E-state index contributed by atoms with van der Waals surface area (Å²) in [4.78, 5) is 3.93. The Bertz CT molecular complexity index is 487. The smallest absolute Gasteiger partial charge is 0.123 e. The Kier molecular flexibility index (Phi) is 3.49. The zero-order valence-corrected chi connectivity index (χ0v) is 9.55. The van der Waals surface area contributed by atoms with Gasteiger partial charge in [0.25, 0.3) is 0 Å². The fourth-order valence-corrected chi connectivity index (χ4v) is 1.83. The van der Waals surface area contributed by atoms with Crippen LogP contribution in [0.4, 0.5) is 4.39 Å². The third kappa shape index (κ3) is 2.68. The molecule has 0 aliphatic carbocycles. The second kappa shape index (κ2) is 5.06. The predicted molar refractivity (Wildman–Crippen MR) is 64.0 cm³/mol. The summed E-state index contributed by atoms with van der Waals surface area (Å²) in [7, 11) is 0. The molecule has 0 saturated heterocycles. The molecule has 0 fully saturated rings. The molecule has 0 aliphatic rings. The lowest BCUT2D eigenvalue weighted by molar-refractivity contribution is 0.151. The van der Waals surface area contributed by atoms with Gasteiger partial charge in [0, 0.05) is 18.3 Å². The van der Waals surface area contributed by atoms with Crippen LogP contribution in [0.2, 0.25) is 0 Å². The topological polar surface area (TPSA) is 33.1 Å². The number of pyridine rings is 1. The summed E-state index contributed by atoms with van der Waals surface area (Å²) in [6.07, 6.45) is 2.65. The first-order valence-electron chi connectivity index (χ1n) is 5.52. The molecule has 88 valence electrons. The number of aromatic nitrogens is 1. The van der Waals surface area contributed by atoms with Crippen LogP contribution < -0.4 is 0 Å². The molecule has 0 aliphatic heterocycles. The molecule has 0 amide bonds. The van der Waals surface area contributed by atoms with E-state index in [-0.39, 0.29) is 11.7 Å². The molecule has 1 heterocycles. The summed E-state index contributed by atoms with van der Waals surface area (Å²) in [5.41, 5.74) is 1.58. The monoisotopic (exact) mass is 231 g/mol.